The van der Waals surface area contributed by atoms with E-state index in [4.69, 9.17) is 10.8 Å². The molecular weight excluding hydrogens is 269 g/mol. The molecule has 0 atom stereocenters. The summed E-state index contributed by atoms with van der Waals surface area (Å²) in [5, 5.41) is 8.77. The highest BCUT2D eigenvalue weighted by atomic mass is 19.4. The summed E-state index contributed by atoms with van der Waals surface area (Å²) in [5.41, 5.74) is 3.13. The number of aliphatic hydroxyl groups is 1. The van der Waals surface area contributed by atoms with Crippen LogP contribution in [-0.4, -0.2) is 40.5 Å². The minimum atomic E-state index is -4.58. The minimum absolute atomic E-state index is 0.397. The molecule has 0 unspecified atom stereocenters. The largest absolute Gasteiger partial charge is 0.405 e. The molecule has 0 radical (unpaired) electrons. The molecule has 0 fully saturated rings. The van der Waals surface area contributed by atoms with Crippen molar-refractivity contribution in [2.75, 3.05) is 30.3 Å². The van der Waals surface area contributed by atoms with Gasteiger partial charge in [-0.2, -0.15) is 13.2 Å². The number of hydrogen-bond donors (Lipinski definition) is 3. The van der Waals surface area contributed by atoms with Gasteiger partial charge >= 0.3 is 11.9 Å². The Morgan fingerprint density at radius 1 is 1.42 bits per heavy atom. The summed E-state index contributed by atoms with van der Waals surface area (Å²) in [6, 6.07) is 0. The minimum Gasteiger partial charge on any atom is -0.395 e. The lowest BCUT2D eigenvalue weighted by atomic mass is 10.3. The van der Waals surface area contributed by atoms with E-state index in [1.807, 2.05) is 4.98 Å². The van der Waals surface area contributed by atoms with Gasteiger partial charge in [-0.3, -0.25) is 14.3 Å². The number of nitrogen functional groups attached to an aromatic ring is 1. The second-order valence-electron chi connectivity index (χ2n) is 3.81. The first-order chi connectivity index (χ1) is 8.67. The third kappa shape index (κ3) is 3.50. The molecule has 10 heteroatoms. The Hall–Kier alpha value is -1.97. The van der Waals surface area contributed by atoms with Crippen molar-refractivity contribution >= 4 is 11.5 Å². The maximum atomic E-state index is 12.4. The van der Waals surface area contributed by atoms with E-state index in [-0.39, 0.29) is 0 Å². The van der Waals surface area contributed by atoms with Gasteiger partial charge in [-0.05, 0) is 0 Å². The quantitative estimate of drug-likeness (QED) is 0.658. The lowest BCUT2D eigenvalue weighted by Crippen LogP contribution is -2.42. The summed E-state index contributed by atoms with van der Waals surface area (Å²) in [7, 11) is 1.21. The Labute approximate surface area is 105 Å². The molecule has 108 valence electrons. The number of H-pyrrole nitrogens is 1. The molecule has 4 N–H and O–H groups in total. The van der Waals surface area contributed by atoms with Crippen molar-refractivity contribution in [3.05, 3.63) is 20.8 Å². The highest BCUT2D eigenvalue weighted by Crippen LogP contribution is 2.22. The van der Waals surface area contributed by atoms with Crippen molar-refractivity contribution in [3.63, 3.8) is 0 Å². The molecule has 1 aromatic heterocycles. The Balaban J connectivity index is 3.35. The summed E-state index contributed by atoms with van der Waals surface area (Å²) in [5.74, 6) is -0.397. The normalized spacial score (nSPS) is 11.6. The number of nitrogens with one attached hydrogen (secondary N) is 1. The molecule has 0 saturated carbocycles. The van der Waals surface area contributed by atoms with E-state index in [9.17, 15) is 22.8 Å². The molecule has 1 rings (SSSR count). The van der Waals surface area contributed by atoms with Crippen LogP contribution in [0.3, 0.4) is 0 Å². The van der Waals surface area contributed by atoms with Crippen LogP contribution in [0.15, 0.2) is 9.59 Å². The average molecular weight is 282 g/mol. The fourth-order valence-electron chi connectivity index (χ4n) is 1.54. The zero-order valence-corrected chi connectivity index (χ0v) is 9.99. The van der Waals surface area contributed by atoms with Crippen LogP contribution in [0.1, 0.15) is 0 Å². The third-order valence-electron chi connectivity index (χ3n) is 2.40. The van der Waals surface area contributed by atoms with Gasteiger partial charge in [0.2, 0.25) is 0 Å². The first kappa shape index (κ1) is 15.1. The lowest BCUT2D eigenvalue weighted by molar-refractivity contribution is -0.119. The van der Waals surface area contributed by atoms with Crippen LogP contribution in [0, 0.1) is 0 Å². The number of halogens is 3. The van der Waals surface area contributed by atoms with Crippen LogP contribution >= 0.6 is 0 Å². The Bertz CT molecular complexity index is 563. The summed E-state index contributed by atoms with van der Waals surface area (Å²) >= 11 is 0. The highest BCUT2D eigenvalue weighted by Gasteiger charge is 2.32. The monoisotopic (exact) mass is 282 g/mol. The van der Waals surface area contributed by atoms with Crippen LogP contribution in [0.5, 0.6) is 0 Å². The molecule has 0 spiro atoms. The molecular formula is C9H13F3N4O3. The van der Waals surface area contributed by atoms with Crippen LogP contribution in [-0.2, 0) is 7.05 Å². The molecule has 0 aliphatic rings. The van der Waals surface area contributed by atoms with Crippen LogP contribution in [0.25, 0.3) is 0 Å². The summed E-state index contributed by atoms with van der Waals surface area (Å²) < 4.78 is 38.1. The second-order valence-corrected chi connectivity index (χ2v) is 3.81. The van der Waals surface area contributed by atoms with E-state index in [0.717, 1.165) is 4.57 Å². The lowest BCUT2D eigenvalue weighted by Gasteiger charge is -2.25. The third-order valence-corrected chi connectivity index (χ3v) is 2.40. The number of hydrogen-bond acceptors (Lipinski definition) is 5. The molecule has 19 heavy (non-hydrogen) atoms. The van der Waals surface area contributed by atoms with Crippen molar-refractivity contribution in [2.24, 2.45) is 7.05 Å². The number of aromatic amines is 1. The van der Waals surface area contributed by atoms with Gasteiger partial charge in [-0.1, -0.05) is 0 Å². The van der Waals surface area contributed by atoms with Crippen molar-refractivity contribution in [1.82, 2.24) is 9.55 Å². The number of aromatic nitrogens is 2. The van der Waals surface area contributed by atoms with E-state index >= 15 is 0 Å². The van der Waals surface area contributed by atoms with Gasteiger partial charge in [0, 0.05) is 13.6 Å². The number of alkyl halides is 3. The molecule has 0 aliphatic heterocycles. The Morgan fingerprint density at radius 3 is 2.47 bits per heavy atom. The number of aliphatic hydroxyl groups excluding tert-OH is 1. The molecule has 0 amide bonds. The van der Waals surface area contributed by atoms with Crippen molar-refractivity contribution in [1.29, 1.82) is 0 Å². The van der Waals surface area contributed by atoms with Crippen molar-refractivity contribution in [3.8, 4) is 0 Å². The van der Waals surface area contributed by atoms with E-state index < -0.39 is 48.6 Å². The number of rotatable bonds is 4. The fourth-order valence-corrected chi connectivity index (χ4v) is 1.54. The Morgan fingerprint density at radius 2 is 2.00 bits per heavy atom. The zero-order valence-electron chi connectivity index (χ0n) is 9.99. The molecule has 0 saturated heterocycles. The van der Waals surface area contributed by atoms with Crippen LogP contribution < -0.4 is 21.9 Å². The van der Waals surface area contributed by atoms with Gasteiger partial charge in [-0.15, -0.1) is 0 Å². The number of nitrogens with zero attached hydrogens (tertiary/aromatic N) is 2. The van der Waals surface area contributed by atoms with Crippen LogP contribution in [0.4, 0.5) is 24.7 Å². The number of anilines is 2. The van der Waals surface area contributed by atoms with E-state index in [0.29, 0.717) is 4.90 Å². The molecule has 7 nitrogen and oxygen atoms in total. The number of nitrogens with two attached hydrogens (primary N) is 1. The topological polar surface area (TPSA) is 104 Å². The highest BCUT2D eigenvalue weighted by molar-refractivity contribution is 5.62. The molecule has 1 aromatic rings. The predicted octanol–water partition coefficient (Wildman–Crippen LogP) is -0.983. The fraction of sp³-hybridized carbons (Fsp3) is 0.556. The maximum Gasteiger partial charge on any atom is 0.405 e. The maximum absolute atomic E-state index is 12.4. The van der Waals surface area contributed by atoms with E-state index in [1.165, 1.54) is 7.05 Å². The first-order valence-electron chi connectivity index (χ1n) is 5.18. The van der Waals surface area contributed by atoms with Gasteiger partial charge < -0.3 is 15.7 Å². The summed E-state index contributed by atoms with van der Waals surface area (Å²) in [6.07, 6.45) is -4.58. The molecule has 1 heterocycles. The first-order valence-corrected chi connectivity index (χ1v) is 5.18. The van der Waals surface area contributed by atoms with Gasteiger partial charge in [0.1, 0.15) is 18.1 Å². The SMILES string of the molecule is Cn1c(N)c(N(CCO)CC(F)(F)F)c(=O)[nH]c1=O. The van der Waals surface area contributed by atoms with Crippen molar-refractivity contribution < 1.29 is 18.3 Å². The van der Waals surface area contributed by atoms with E-state index in [1.54, 1.807) is 0 Å². The predicted molar refractivity (Wildman–Crippen MR) is 62.1 cm³/mol. The zero-order chi connectivity index (χ0) is 14.8. The average Bonchev–Trinajstić information content (AvgIpc) is 2.24. The summed E-state index contributed by atoms with van der Waals surface area (Å²) in [6.45, 7) is -2.50. The molecule has 0 aliphatic carbocycles. The van der Waals surface area contributed by atoms with Gasteiger partial charge in [0.15, 0.2) is 0 Å². The van der Waals surface area contributed by atoms with Gasteiger partial charge in [0.05, 0.1) is 6.61 Å². The smallest absolute Gasteiger partial charge is 0.395 e. The Kier molecular flexibility index (Phi) is 4.24. The van der Waals surface area contributed by atoms with Gasteiger partial charge in [-0.25, -0.2) is 4.79 Å². The standard InChI is InChI=1S/C9H13F3N4O3/c1-15-6(13)5(7(18)14-8(15)19)16(2-3-17)4-9(10,11)12/h17H,2-4,13H2,1H3,(H,14,18,19). The molecule has 0 aromatic carbocycles. The van der Waals surface area contributed by atoms with Crippen LogP contribution in [0.2, 0.25) is 0 Å². The van der Waals surface area contributed by atoms with Gasteiger partial charge in [0.25, 0.3) is 5.56 Å². The van der Waals surface area contributed by atoms with Crippen molar-refractivity contribution in [2.45, 2.75) is 6.18 Å². The second kappa shape index (κ2) is 5.34. The summed E-state index contributed by atoms with van der Waals surface area (Å²) in [4.78, 5) is 25.2. The molecule has 0 bridgehead atoms. The van der Waals surface area contributed by atoms with E-state index in [2.05, 4.69) is 0 Å².